The van der Waals surface area contributed by atoms with Gasteiger partial charge in [0.05, 0.1) is 4.92 Å². The number of nitro groups is 1. The third-order valence-electron chi connectivity index (χ3n) is 3.27. The number of para-hydroxylation sites is 1. The number of hydrogen-bond donors (Lipinski definition) is 1. The topological polar surface area (TPSA) is 72.4 Å². The van der Waals surface area contributed by atoms with E-state index in [1.165, 1.54) is 12.1 Å². The van der Waals surface area contributed by atoms with Crippen molar-refractivity contribution in [3.8, 4) is 0 Å². The molecule has 104 valence electrons. The van der Waals surface area contributed by atoms with Gasteiger partial charge in [-0.15, -0.1) is 0 Å². The van der Waals surface area contributed by atoms with Crippen LogP contribution in [0.25, 0.3) is 0 Å². The predicted molar refractivity (Wildman–Crippen MR) is 80.8 cm³/mol. The largest absolute Gasteiger partial charge is 0.398 e. The highest BCUT2D eigenvalue weighted by Crippen LogP contribution is 2.24. The maximum atomic E-state index is 10.8. The second-order valence-corrected chi connectivity index (χ2v) is 4.78. The number of hydrogen-bond acceptors (Lipinski definition) is 4. The minimum atomic E-state index is -0.406. The lowest BCUT2D eigenvalue weighted by molar-refractivity contribution is -0.384. The van der Waals surface area contributed by atoms with Crippen molar-refractivity contribution in [2.45, 2.75) is 13.5 Å². The Bertz CT molecular complexity index is 641. The molecule has 0 fully saturated rings. The highest BCUT2D eigenvalue weighted by Gasteiger charge is 2.12. The molecule has 0 spiro atoms. The summed E-state index contributed by atoms with van der Waals surface area (Å²) in [4.78, 5) is 12.5. The normalized spacial score (nSPS) is 10.3. The van der Waals surface area contributed by atoms with Gasteiger partial charge >= 0.3 is 0 Å². The Morgan fingerprint density at radius 1 is 1.25 bits per heavy atom. The fourth-order valence-corrected chi connectivity index (χ4v) is 2.18. The van der Waals surface area contributed by atoms with Crippen LogP contribution >= 0.6 is 0 Å². The molecule has 0 aromatic heterocycles. The van der Waals surface area contributed by atoms with Gasteiger partial charge in [0.25, 0.3) is 5.69 Å². The van der Waals surface area contributed by atoms with Gasteiger partial charge in [0, 0.05) is 42.7 Å². The maximum absolute atomic E-state index is 10.8. The zero-order valence-corrected chi connectivity index (χ0v) is 11.5. The van der Waals surface area contributed by atoms with Gasteiger partial charge in [-0.1, -0.05) is 18.2 Å². The van der Waals surface area contributed by atoms with E-state index in [-0.39, 0.29) is 5.69 Å². The number of nitrogens with two attached hydrogens (primary N) is 1. The van der Waals surface area contributed by atoms with Crippen molar-refractivity contribution in [1.82, 2.24) is 0 Å². The summed E-state index contributed by atoms with van der Waals surface area (Å²) in [6.45, 7) is 2.56. The van der Waals surface area contributed by atoms with Crippen LogP contribution in [0.3, 0.4) is 0 Å². The van der Waals surface area contributed by atoms with E-state index in [9.17, 15) is 10.1 Å². The van der Waals surface area contributed by atoms with Crippen LogP contribution < -0.4 is 10.6 Å². The molecule has 0 bridgehead atoms. The predicted octanol–water partition coefficient (Wildman–Crippen LogP) is 3.12. The molecule has 5 nitrogen and oxygen atoms in total. The molecule has 2 aromatic rings. The first kappa shape index (κ1) is 13.9. The second kappa shape index (κ2) is 5.61. The van der Waals surface area contributed by atoms with Gasteiger partial charge < -0.3 is 10.6 Å². The summed E-state index contributed by atoms with van der Waals surface area (Å²) in [5, 5.41) is 10.8. The summed E-state index contributed by atoms with van der Waals surface area (Å²) in [5.41, 5.74) is 9.52. The average molecular weight is 271 g/mol. The molecule has 2 N–H and O–H groups in total. The molecule has 0 unspecified atom stereocenters. The minimum absolute atomic E-state index is 0.0624. The number of nitrogen functional groups attached to an aromatic ring is 1. The molecule has 0 saturated carbocycles. The molecule has 0 radical (unpaired) electrons. The van der Waals surface area contributed by atoms with Crippen molar-refractivity contribution >= 4 is 17.1 Å². The molecule has 2 rings (SSSR count). The molecule has 0 atom stereocenters. The molecule has 2 aromatic carbocycles. The van der Waals surface area contributed by atoms with Crippen LogP contribution in [0.2, 0.25) is 0 Å². The van der Waals surface area contributed by atoms with Crippen LogP contribution in [0.5, 0.6) is 0 Å². The highest BCUT2D eigenvalue weighted by molar-refractivity contribution is 5.57. The van der Waals surface area contributed by atoms with Crippen molar-refractivity contribution in [1.29, 1.82) is 0 Å². The van der Waals surface area contributed by atoms with Gasteiger partial charge in [-0.3, -0.25) is 10.1 Å². The number of non-ortho nitro benzene ring substituents is 1. The molecule has 0 heterocycles. The first-order valence-corrected chi connectivity index (χ1v) is 6.28. The number of nitrogens with zero attached hydrogens (tertiary/aromatic N) is 2. The molecule has 20 heavy (non-hydrogen) atoms. The summed E-state index contributed by atoms with van der Waals surface area (Å²) in [7, 11) is 1.95. The zero-order valence-electron chi connectivity index (χ0n) is 11.5. The minimum Gasteiger partial charge on any atom is -0.398 e. The van der Waals surface area contributed by atoms with Crippen LogP contribution in [0, 0.1) is 17.0 Å². The Balaban J connectivity index is 2.28. The molecule has 0 aliphatic rings. The third kappa shape index (κ3) is 2.88. The molecule has 0 aliphatic heterocycles. The Morgan fingerprint density at radius 2 is 1.95 bits per heavy atom. The number of benzene rings is 2. The first-order valence-electron chi connectivity index (χ1n) is 6.28. The maximum Gasteiger partial charge on any atom is 0.269 e. The number of rotatable bonds is 4. The van der Waals surface area contributed by atoms with Crippen molar-refractivity contribution in [2.75, 3.05) is 17.7 Å². The van der Waals surface area contributed by atoms with E-state index < -0.39 is 4.92 Å². The Kier molecular flexibility index (Phi) is 3.89. The van der Waals surface area contributed by atoms with Crippen molar-refractivity contribution in [2.24, 2.45) is 0 Å². The molecular formula is C15H17N3O2. The molecule has 0 amide bonds. The second-order valence-electron chi connectivity index (χ2n) is 4.78. The van der Waals surface area contributed by atoms with E-state index in [1.807, 2.05) is 43.1 Å². The lowest BCUT2D eigenvalue weighted by atomic mass is 10.1. The van der Waals surface area contributed by atoms with Gasteiger partial charge in [-0.05, 0) is 24.6 Å². The fourth-order valence-electron chi connectivity index (χ4n) is 2.18. The van der Waals surface area contributed by atoms with E-state index in [1.54, 1.807) is 6.07 Å². The first-order chi connectivity index (χ1) is 9.49. The van der Waals surface area contributed by atoms with Gasteiger partial charge in [0.1, 0.15) is 0 Å². The van der Waals surface area contributed by atoms with Gasteiger partial charge in [0.2, 0.25) is 0 Å². The van der Waals surface area contributed by atoms with Crippen molar-refractivity contribution < 1.29 is 4.92 Å². The number of anilines is 2. The molecule has 0 saturated heterocycles. The van der Waals surface area contributed by atoms with Crippen LogP contribution in [-0.2, 0) is 6.54 Å². The molecular weight excluding hydrogens is 254 g/mol. The van der Waals surface area contributed by atoms with Crippen molar-refractivity contribution in [3.63, 3.8) is 0 Å². The van der Waals surface area contributed by atoms with Crippen LogP contribution in [-0.4, -0.2) is 12.0 Å². The lowest BCUT2D eigenvalue weighted by Gasteiger charge is -2.22. The smallest absolute Gasteiger partial charge is 0.269 e. The SMILES string of the molecule is Cc1ccccc1N(C)Cc1cc([N+](=O)[O-])ccc1N. The monoisotopic (exact) mass is 271 g/mol. The Hall–Kier alpha value is -2.56. The zero-order chi connectivity index (χ0) is 14.7. The van der Waals surface area contributed by atoms with Crippen LogP contribution in [0.1, 0.15) is 11.1 Å². The average Bonchev–Trinajstić information content (AvgIpc) is 2.41. The number of aryl methyl sites for hydroxylation is 1. The van der Waals surface area contributed by atoms with E-state index in [4.69, 9.17) is 5.73 Å². The van der Waals surface area contributed by atoms with Crippen molar-refractivity contribution in [3.05, 3.63) is 63.7 Å². The Labute approximate surface area is 117 Å². The van der Waals surface area contributed by atoms with Gasteiger partial charge in [0.15, 0.2) is 0 Å². The van der Waals surface area contributed by atoms with E-state index in [2.05, 4.69) is 0 Å². The lowest BCUT2D eigenvalue weighted by Crippen LogP contribution is -2.18. The Morgan fingerprint density at radius 3 is 2.60 bits per heavy atom. The standard InChI is InChI=1S/C15H17N3O2/c1-11-5-3-4-6-15(11)17(2)10-12-9-13(18(19)20)7-8-14(12)16/h3-9H,10,16H2,1-2H3. The van der Waals surface area contributed by atoms with E-state index >= 15 is 0 Å². The fraction of sp³-hybridized carbons (Fsp3) is 0.200. The molecule has 0 aliphatic carbocycles. The van der Waals surface area contributed by atoms with Gasteiger partial charge in [-0.2, -0.15) is 0 Å². The summed E-state index contributed by atoms with van der Waals surface area (Å²) >= 11 is 0. The van der Waals surface area contributed by atoms with Crippen LogP contribution in [0.15, 0.2) is 42.5 Å². The summed E-state index contributed by atoms with van der Waals surface area (Å²) in [6.07, 6.45) is 0. The summed E-state index contributed by atoms with van der Waals surface area (Å²) in [6, 6.07) is 12.5. The van der Waals surface area contributed by atoms with E-state index in [0.29, 0.717) is 12.2 Å². The summed E-state index contributed by atoms with van der Waals surface area (Å²) < 4.78 is 0. The van der Waals surface area contributed by atoms with Gasteiger partial charge in [-0.25, -0.2) is 0 Å². The van der Waals surface area contributed by atoms with E-state index in [0.717, 1.165) is 16.8 Å². The highest BCUT2D eigenvalue weighted by atomic mass is 16.6. The quantitative estimate of drug-likeness (QED) is 0.527. The molecule has 5 heteroatoms. The third-order valence-corrected chi connectivity index (χ3v) is 3.27. The summed E-state index contributed by atoms with van der Waals surface area (Å²) in [5.74, 6) is 0. The number of nitro benzene ring substituents is 1. The van der Waals surface area contributed by atoms with Crippen LogP contribution in [0.4, 0.5) is 17.1 Å².